The number of benzene rings is 1. The number of likely N-dealkylation sites (N-methyl/N-ethyl adjacent to an activating group) is 1. The maximum absolute atomic E-state index is 4.08. The lowest BCUT2D eigenvalue weighted by Crippen LogP contribution is -2.29. The fourth-order valence-electron chi connectivity index (χ4n) is 2.48. The summed E-state index contributed by atoms with van der Waals surface area (Å²) in [6, 6.07) is 5.04. The van der Waals surface area contributed by atoms with Crippen molar-refractivity contribution < 1.29 is 0 Å². The molecule has 19 heavy (non-hydrogen) atoms. The van der Waals surface area contributed by atoms with Crippen molar-refractivity contribution in [3.05, 3.63) is 46.5 Å². The summed E-state index contributed by atoms with van der Waals surface area (Å²) >= 11 is 0. The third-order valence-electron chi connectivity index (χ3n) is 3.91. The Morgan fingerprint density at radius 3 is 2.00 bits per heavy atom. The van der Waals surface area contributed by atoms with Gasteiger partial charge in [0.05, 0.1) is 0 Å². The topological polar surface area (TPSA) is 12.0 Å². The van der Waals surface area contributed by atoms with E-state index in [0.29, 0.717) is 6.04 Å². The fraction of sp³-hybridized carbons (Fsp3) is 0.556. The predicted molar refractivity (Wildman–Crippen MR) is 86.0 cm³/mol. The van der Waals surface area contributed by atoms with Crippen LogP contribution < -0.4 is 5.32 Å². The van der Waals surface area contributed by atoms with E-state index < -0.39 is 0 Å². The summed E-state index contributed by atoms with van der Waals surface area (Å²) in [6.45, 7) is 17.4. The minimum Gasteiger partial charge on any atom is -0.313 e. The summed E-state index contributed by atoms with van der Waals surface area (Å²) in [5, 5.41) is 3.35. The molecular formula is C18H29N. The molecule has 1 aromatic rings. The first kappa shape index (κ1) is 16.0. The Balaban J connectivity index is 3.14. The summed E-state index contributed by atoms with van der Waals surface area (Å²) in [5.41, 5.74) is 7.07. The van der Waals surface area contributed by atoms with Crippen LogP contribution in [0.25, 0.3) is 0 Å². The zero-order valence-electron chi connectivity index (χ0n) is 13.6. The van der Waals surface area contributed by atoms with Crippen molar-refractivity contribution in [1.82, 2.24) is 5.32 Å². The van der Waals surface area contributed by atoms with Gasteiger partial charge in [0.15, 0.2) is 0 Å². The average molecular weight is 259 g/mol. The second-order valence-corrected chi connectivity index (χ2v) is 6.73. The van der Waals surface area contributed by atoms with Crippen molar-refractivity contribution in [2.24, 2.45) is 0 Å². The minimum absolute atomic E-state index is 0.213. The Morgan fingerprint density at radius 2 is 1.68 bits per heavy atom. The van der Waals surface area contributed by atoms with Crippen LogP contribution in [-0.4, -0.2) is 13.1 Å². The molecule has 0 spiro atoms. The van der Waals surface area contributed by atoms with Crippen LogP contribution in [0.3, 0.4) is 0 Å². The van der Waals surface area contributed by atoms with Gasteiger partial charge in [-0.25, -0.2) is 0 Å². The van der Waals surface area contributed by atoms with Gasteiger partial charge >= 0.3 is 0 Å². The fourth-order valence-corrected chi connectivity index (χ4v) is 2.48. The Kier molecular flexibility index (Phi) is 4.98. The molecule has 0 bridgehead atoms. The van der Waals surface area contributed by atoms with Crippen LogP contribution in [-0.2, 0) is 11.8 Å². The molecule has 0 saturated carbocycles. The summed E-state index contributed by atoms with van der Waals surface area (Å²) in [4.78, 5) is 0. The van der Waals surface area contributed by atoms with E-state index in [4.69, 9.17) is 0 Å². The molecule has 0 amide bonds. The zero-order chi connectivity index (χ0) is 14.8. The molecule has 106 valence electrons. The third kappa shape index (κ3) is 3.94. The van der Waals surface area contributed by atoms with E-state index in [9.17, 15) is 0 Å². The van der Waals surface area contributed by atoms with Crippen LogP contribution in [0, 0.1) is 13.8 Å². The molecular weight excluding hydrogens is 230 g/mol. The Bertz CT molecular complexity index is 440. The van der Waals surface area contributed by atoms with E-state index in [0.717, 1.165) is 6.42 Å². The third-order valence-corrected chi connectivity index (χ3v) is 3.91. The van der Waals surface area contributed by atoms with Gasteiger partial charge in [0, 0.05) is 6.04 Å². The van der Waals surface area contributed by atoms with Gasteiger partial charge in [0.1, 0.15) is 0 Å². The first-order valence-electron chi connectivity index (χ1n) is 7.10. The summed E-state index contributed by atoms with van der Waals surface area (Å²) in [5.74, 6) is 0. The predicted octanol–water partition coefficient (Wildman–Crippen LogP) is 4.31. The number of rotatable bonds is 4. The molecule has 0 aliphatic rings. The number of hydrogen-bond donors (Lipinski definition) is 1. The van der Waals surface area contributed by atoms with Gasteiger partial charge in [-0.1, -0.05) is 45.1 Å². The highest BCUT2D eigenvalue weighted by atomic mass is 14.9. The van der Waals surface area contributed by atoms with Crippen LogP contribution in [0.1, 0.15) is 49.9 Å². The zero-order valence-corrected chi connectivity index (χ0v) is 13.6. The van der Waals surface area contributed by atoms with Crippen LogP contribution in [0.2, 0.25) is 0 Å². The molecule has 1 rings (SSSR count). The minimum atomic E-state index is 0.213. The quantitative estimate of drug-likeness (QED) is 0.795. The van der Waals surface area contributed by atoms with E-state index in [1.165, 1.54) is 27.8 Å². The standard InChI is InChI=1S/C18H29N/c1-12(2)17(19-8)11-16-13(3)9-15(10-14(16)4)18(5,6)7/h9-10,17,19H,1,11H2,2-8H3. The lowest BCUT2D eigenvalue weighted by Gasteiger charge is -2.24. The number of hydrogen-bond acceptors (Lipinski definition) is 1. The first-order valence-corrected chi connectivity index (χ1v) is 7.10. The van der Waals surface area contributed by atoms with Crippen molar-refractivity contribution in [1.29, 1.82) is 0 Å². The van der Waals surface area contributed by atoms with Crippen molar-refractivity contribution in [2.45, 2.75) is 59.4 Å². The first-order chi connectivity index (χ1) is 8.66. The van der Waals surface area contributed by atoms with Gasteiger partial charge in [-0.2, -0.15) is 0 Å². The second kappa shape index (κ2) is 5.92. The lowest BCUT2D eigenvalue weighted by atomic mass is 9.82. The van der Waals surface area contributed by atoms with Gasteiger partial charge in [-0.15, -0.1) is 0 Å². The monoisotopic (exact) mass is 259 g/mol. The molecule has 1 nitrogen and oxygen atoms in total. The molecule has 0 radical (unpaired) electrons. The summed E-state index contributed by atoms with van der Waals surface area (Å²) in [7, 11) is 2.01. The van der Waals surface area contributed by atoms with Gasteiger partial charge in [0.25, 0.3) is 0 Å². The van der Waals surface area contributed by atoms with E-state index in [-0.39, 0.29) is 5.41 Å². The van der Waals surface area contributed by atoms with Crippen LogP contribution in [0.4, 0.5) is 0 Å². The normalized spacial score (nSPS) is 13.4. The largest absolute Gasteiger partial charge is 0.313 e. The second-order valence-electron chi connectivity index (χ2n) is 6.73. The molecule has 1 N–H and O–H groups in total. The molecule has 1 heteroatoms. The summed E-state index contributed by atoms with van der Waals surface area (Å²) in [6.07, 6.45) is 1.02. The molecule has 0 saturated heterocycles. The average Bonchev–Trinajstić information content (AvgIpc) is 2.26. The van der Waals surface area contributed by atoms with E-state index in [2.05, 4.69) is 65.6 Å². The Hall–Kier alpha value is -1.08. The van der Waals surface area contributed by atoms with Crippen LogP contribution >= 0.6 is 0 Å². The van der Waals surface area contributed by atoms with Gasteiger partial charge in [-0.05, 0) is 61.9 Å². The molecule has 0 fully saturated rings. The van der Waals surface area contributed by atoms with Crippen molar-refractivity contribution in [3.8, 4) is 0 Å². The number of nitrogens with one attached hydrogen (secondary N) is 1. The maximum Gasteiger partial charge on any atom is 0.0312 e. The van der Waals surface area contributed by atoms with E-state index in [1.54, 1.807) is 0 Å². The Labute approximate surface area is 119 Å². The highest BCUT2D eigenvalue weighted by molar-refractivity contribution is 5.41. The van der Waals surface area contributed by atoms with Crippen molar-refractivity contribution >= 4 is 0 Å². The van der Waals surface area contributed by atoms with Crippen molar-refractivity contribution in [3.63, 3.8) is 0 Å². The lowest BCUT2D eigenvalue weighted by molar-refractivity contribution is 0.587. The van der Waals surface area contributed by atoms with Crippen molar-refractivity contribution in [2.75, 3.05) is 7.05 Å². The van der Waals surface area contributed by atoms with Gasteiger partial charge in [-0.3, -0.25) is 0 Å². The molecule has 1 atom stereocenters. The smallest absolute Gasteiger partial charge is 0.0312 e. The van der Waals surface area contributed by atoms with E-state index >= 15 is 0 Å². The van der Waals surface area contributed by atoms with Crippen LogP contribution in [0.15, 0.2) is 24.3 Å². The van der Waals surface area contributed by atoms with Gasteiger partial charge in [0.2, 0.25) is 0 Å². The number of aryl methyl sites for hydroxylation is 2. The molecule has 0 aliphatic carbocycles. The molecule has 1 aromatic carbocycles. The van der Waals surface area contributed by atoms with Crippen LogP contribution in [0.5, 0.6) is 0 Å². The molecule has 0 aliphatic heterocycles. The molecule has 1 unspecified atom stereocenters. The van der Waals surface area contributed by atoms with E-state index in [1.807, 2.05) is 7.05 Å². The maximum atomic E-state index is 4.08. The molecule has 0 aromatic heterocycles. The summed E-state index contributed by atoms with van der Waals surface area (Å²) < 4.78 is 0. The highest BCUT2D eigenvalue weighted by Gasteiger charge is 2.17. The van der Waals surface area contributed by atoms with Gasteiger partial charge < -0.3 is 5.32 Å². The Morgan fingerprint density at radius 1 is 1.21 bits per heavy atom. The SMILES string of the molecule is C=C(C)C(Cc1c(C)cc(C(C)(C)C)cc1C)NC. The molecule has 0 heterocycles. The highest BCUT2D eigenvalue weighted by Crippen LogP contribution is 2.27.